The molecule has 0 spiro atoms. The Bertz CT molecular complexity index is 523. The molecule has 2 aromatic rings. The smallest absolute Gasteiger partial charge is 0.257 e. The Morgan fingerprint density at radius 2 is 2.35 bits per heavy atom. The lowest BCUT2D eigenvalue weighted by molar-refractivity contribution is 0.0734. The average molecular weight is 234 g/mol. The van der Waals surface area contributed by atoms with Gasteiger partial charge in [0.05, 0.1) is 30.1 Å². The molecule has 0 aliphatic heterocycles. The Balaban J connectivity index is 2.36. The first-order valence-corrected chi connectivity index (χ1v) is 5.45. The van der Waals surface area contributed by atoms with Crippen LogP contribution >= 0.6 is 0 Å². The van der Waals surface area contributed by atoms with E-state index in [0.717, 1.165) is 0 Å². The average Bonchev–Trinajstić information content (AvgIpc) is 2.79. The van der Waals surface area contributed by atoms with Gasteiger partial charge in [-0.05, 0) is 6.92 Å². The summed E-state index contributed by atoms with van der Waals surface area (Å²) in [5.41, 5.74) is 1.18. The summed E-state index contributed by atoms with van der Waals surface area (Å²) >= 11 is 0. The van der Waals surface area contributed by atoms with Crippen molar-refractivity contribution in [2.24, 2.45) is 0 Å². The molecule has 0 unspecified atom stereocenters. The van der Waals surface area contributed by atoms with E-state index in [0.29, 0.717) is 24.2 Å². The third kappa shape index (κ3) is 2.12. The summed E-state index contributed by atoms with van der Waals surface area (Å²) in [6.07, 6.45) is 6.43. The molecule has 2 aromatic heterocycles. The zero-order chi connectivity index (χ0) is 12.3. The third-order valence-electron chi connectivity index (χ3n) is 2.59. The lowest BCUT2D eigenvalue weighted by Gasteiger charge is -2.18. The lowest BCUT2D eigenvalue weighted by Crippen LogP contribution is -2.33. The summed E-state index contributed by atoms with van der Waals surface area (Å²) in [5.74, 6) is -0.135. The second kappa shape index (κ2) is 4.92. The van der Waals surface area contributed by atoms with Gasteiger partial charge in [-0.25, -0.2) is 4.52 Å². The van der Waals surface area contributed by atoms with Gasteiger partial charge in [0, 0.05) is 25.5 Å². The van der Waals surface area contributed by atoms with Gasteiger partial charge in [0.2, 0.25) is 0 Å². The van der Waals surface area contributed by atoms with Crippen molar-refractivity contribution in [1.82, 2.24) is 19.5 Å². The van der Waals surface area contributed by atoms with Gasteiger partial charge in [-0.15, -0.1) is 0 Å². The van der Waals surface area contributed by atoms with E-state index in [9.17, 15) is 4.79 Å². The number of hydrogen-bond acceptors (Lipinski definition) is 4. The van der Waals surface area contributed by atoms with Gasteiger partial charge >= 0.3 is 0 Å². The fraction of sp³-hybridized carbons (Fsp3) is 0.364. The van der Waals surface area contributed by atoms with Crippen molar-refractivity contribution in [2.45, 2.75) is 6.92 Å². The van der Waals surface area contributed by atoms with E-state index < -0.39 is 0 Å². The Morgan fingerprint density at radius 3 is 3.06 bits per heavy atom. The van der Waals surface area contributed by atoms with Crippen molar-refractivity contribution in [1.29, 1.82) is 0 Å². The highest BCUT2D eigenvalue weighted by molar-refractivity contribution is 6.00. The molecule has 0 aliphatic carbocycles. The number of nitrogens with zero attached hydrogens (tertiary/aromatic N) is 4. The minimum atomic E-state index is -0.135. The molecule has 2 heterocycles. The fourth-order valence-corrected chi connectivity index (χ4v) is 1.69. The number of hydrogen-bond donors (Lipinski definition) is 1. The first-order chi connectivity index (χ1) is 8.27. The minimum Gasteiger partial charge on any atom is -0.395 e. The maximum Gasteiger partial charge on any atom is 0.257 e. The van der Waals surface area contributed by atoms with Crippen LogP contribution in [0.1, 0.15) is 17.3 Å². The molecular formula is C11H14N4O2. The number of aromatic nitrogens is 3. The summed E-state index contributed by atoms with van der Waals surface area (Å²) in [6.45, 7) is 2.71. The summed E-state index contributed by atoms with van der Waals surface area (Å²) < 4.78 is 1.60. The van der Waals surface area contributed by atoms with Gasteiger partial charge in [-0.1, -0.05) is 0 Å². The first-order valence-electron chi connectivity index (χ1n) is 5.45. The highest BCUT2D eigenvalue weighted by atomic mass is 16.3. The molecule has 0 saturated heterocycles. The number of likely N-dealkylation sites (N-methyl/N-ethyl adjacent to an activating group) is 1. The minimum absolute atomic E-state index is 0.0446. The molecule has 90 valence electrons. The molecule has 0 saturated carbocycles. The van der Waals surface area contributed by atoms with Crippen LogP contribution in [0.3, 0.4) is 0 Å². The van der Waals surface area contributed by atoms with Crippen molar-refractivity contribution in [3.63, 3.8) is 0 Å². The summed E-state index contributed by atoms with van der Waals surface area (Å²) in [7, 11) is 0. The molecule has 0 fully saturated rings. The molecule has 1 amide bonds. The SMILES string of the molecule is CCN(CCO)C(=O)c1cnn2ccncc12. The van der Waals surface area contributed by atoms with E-state index in [1.54, 1.807) is 28.0 Å². The van der Waals surface area contributed by atoms with E-state index in [4.69, 9.17) is 5.11 Å². The van der Waals surface area contributed by atoms with Gasteiger partial charge in [-0.3, -0.25) is 9.78 Å². The van der Waals surface area contributed by atoms with Crippen LogP contribution in [0.15, 0.2) is 24.8 Å². The number of aliphatic hydroxyl groups excluding tert-OH is 1. The van der Waals surface area contributed by atoms with Gasteiger partial charge < -0.3 is 10.0 Å². The number of amides is 1. The Labute approximate surface area is 98.5 Å². The zero-order valence-electron chi connectivity index (χ0n) is 9.58. The van der Waals surface area contributed by atoms with E-state index in [1.807, 2.05) is 6.92 Å². The van der Waals surface area contributed by atoms with Crippen molar-refractivity contribution in [2.75, 3.05) is 19.7 Å². The van der Waals surface area contributed by atoms with E-state index in [2.05, 4.69) is 10.1 Å². The van der Waals surface area contributed by atoms with Crippen LogP contribution in [-0.2, 0) is 0 Å². The highest BCUT2D eigenvalue weighted by Crippen LogP contribution is 2.11. The molecule has 0 atom stereocenters. The summed E-state index contributed by atoms with van der Waals surface area (Å²) in [4.78, 5) is 17.7. The van der Waals surface area contributed by atoms with Crippen LogP contribution in [0.2, 0.25) is 0 Å². The second-order valence-corrected chi connectivity index (χ2v) is 3.57. The number of carbonyl (C=O) groups excluding carboxylic acids is 1. The van der Waals surface area contributed by atoms with E-state index in [-0.39, 0.29) is 12.5 Å². The van der Waals surface area contributed by atoms with Crippen LogP contribution < -0.4 is 0 Å². The molecular weight excluding hydrogens is 220 g/mol. The molecule has 0 bridgehead atoms. The predicted octanol–water partition coefficient (Wildman–Crippen LogP) is 0.184. The molecule has 17 heavy (non-hydrogen) atoms. The molecule has 6 nitrogen and oxygen atoms in total. The molecule has 2 rings (SSSR count). The van der Waals surface area contributed by atoms with Gasteiger partial charge in [0.15, 0.2) is 0 Å². The highest BCUT2D eigenvalue weighted by Gasteiger charge is 2.18. The van der Waals surface area contributed by atoms with Crippen molar-refractivity contribution >= 4 is 11.4 Å². The maximum absolute atomic E-state index is 12.2. The van der Waals surface area contributed by atoms with Gasteiger partial charge in [0.1, 0.15) is 0 Å². The fourth-order valence-electron chi connectivity index (χ4n) is 1.69. The van der Waals surface area contributed by atoms with Crippen LogP contribution in [0, 0.1) is 0 Å². The number of carbonyl (C=O) groups is 1. The van der Waals surface area contributed by atoms with E-state index >= 15 is 0 Å². The van der Waals surface area contributed by atoms with Crippen molar-refractivity contribution < 1.29 is 9.90 Å². The topological polar surface area (TPSA) is 70.7 Å². The Hall–Kier alpha value is -1.95. The third-order valence-corrected chi connectivity index (χ3v) is 2.59. The summed E-state index contributed by atoms with van der Waals surface area (Å²) in [6, 6.07) is 0. The quantitative estimate of drug-likeness (QED) is 0.819. The lowest BCUT2D eigenvalue weighted by atomic mass is 10.2. The van der Waals surface area contributed by atoms with Crippen LogP contribution in [0.5, 0.6) is 0 Å². The van der Waals surface area contributed by atoms with Crippen LogP contribution in [0.25, 0.3) is 5.52 Å². The predicted molar refractivity (Wildman–Crippen MR) is 61.7 cm³/mol. The largest absolute Gasteiger partial charge is 0.395 e. The Kier molecular flexibility index (Phi) is 3.34. The Morgan fingerprint density at radius 1 is 1.53 bits per heavy atom. The van der Waals surface area contributed by atoms with Crippen LogP contribution in [0.4, 0.5) is 0 Å². The van der Waals surface area contributed by atoms with E-state index in [1.165, 1.54) is 6.20 Å². The number of aliphatic hydroxyl groups is 1. The second-order valence-electron chi connectivity index (χ2n) is 3.57. The zero-order valence-corrected chi connectivity index (χ0v) is 9.58. The monoisotopic (exact) mass is 234 g/mol. The molecule has 0 aromatic carbocycles. The summed E-state index contributed by atoms with van der Waals surface area (Å²) in [5, 5.41) is 13.0. The standard InChI is InChI=1S/C11H14N4O2/c1-2-14(5-6-16)11(17)9-7-13-15-4-3-12-8-10(9)15/h3-4,7-8,16H,2,5-6H2,1H3. The molecule has 0 radical (unpaired) electrons. The number of fused-ring (bicyclic) bond motifs is 1. The number of rotatable bonds is 4. The van der Waals surface area contributed by atoms with Gasteiger partial charge in [-0.2, -0.15) is 5.10 Å². The van der Waals surface area contributed by atoms with Crippen LogP contribution in [-0.4, -0.2) is 50.2 Å². The van der Waals surface area contributed by atoms with Crippen molar-refractivity contribution in [3.8, 4) is 0 Å². The molecule has 0 aliphatic rings. The van der Waals surface area contributed by atoms with Gasteiger partial charge in [0.25, 0.3) is 5.91 Å². The molecule has 1 N–H and O–H groups in total. The normalized spacial score (nSPS) is 10.7. The van der Waals surface area contributed by atoms with Crippen molar-refractivity contribution in [3.05, 3.63) is 30.4 Å². The molecule has 6 heteroatoms. The maximum atomic E-state index is 12.2. The first kappa shape index (κ1) is 11.5.